The summed E-state index contributed by atoms with van der Waals surface area (Å²) in [6.07, 6.45) is 1.34. The molecule has 1 N–H and O–H groups in total. The Labute approximate surface area is 98.2 Å². The van der Waals surface area contributed by atoms with Gasteiger partial charge in [-0.15, -0.1) is 0 Å². The second-order valence-electron chi connectivity index (χ2n) is 5.52. The summed E-state index contributed by atoms with van der Waals surface area (Å²) in [4.78, 5) is 2.70. The van der Waals surface area contributed by atoms with Gasteiger partial charge in [-0.25, -0.2) is 0 Å². The Morgan fingerprint density at radius 2 is 2.27 bits per heavy atom. The second-order valence-corrected chi connectivity index (χ2v) is 7.01. The summed E-state index contributed by atoms with van der Waals surface area (Å²) in [5, 5.41) is 4.30. The molecule has 0 aromatic rings. The lowest BCUT2D eigenvalue weighted by atomic mass is 9.88. The molecule has 2 heterocycles. The molecule has 2 aliphatic rings. The zero-order valence-corrected chi connectivity index (χ0v) is 11.1. The van der Waals surface area contributed by atoms with Crippen LogP contribution in [0.15, 0.2) is 0 Å². The minimum Gasteiger partial charge on any atom is -0.316 e. The van der Waals surface area contributed by atoms with Crippen LogP contribution in [0.2, 0.25) is 0 Å². The van der Waals surface area contributed by atoms with Crippen LogP contribution in [-0.2, 0) is 0 Å². The van der Waals surface area contributed by atoms with E-state index in [9.17, 15) is 0 Å². The molecule has 15 heavy (non-hydrogen) atoms. The van der Waals surface area contributed by atoms with Gasteiger partial charge < -0.3 is 5.32 Å². The maximum atomic E-state index is 3.50. The van der Waals surface area contributed by atoms with Crippen molar-refractivity contribution in [3.8, 4) is 0 Å². The first-order valence-electron chi connectivity index (χ1n) is 6.17. The van der Waals surface area contributed by atoms with Gasteiger partial charge >= 0.3 is 0 Å². The van der Waals surface area contributed by atoms with Gasteiger partial charge in [-0.2, -0.15) is 11.8 Å². The predicted octanol–water partition coefficient (Wildman–Crippen LogP) is 1.81. The number of thioether (sulfide) groups is 1. The van der Waals surface area contributed by atoms with Crippen molar-refractivity contribution in [2.24, 2.45) is 5.41 Å². The van der Waals surface area contributed by atoms with Crippen molar-refractivity contribution in [3.63, 3.8) is 0 Å². The minimum absolute atomic E-state index is 0.524. The van der Waals surface area contributed by atoms with E-state index in [0.29, 0.717) is 5.41 Å². The zero-order chi connectivity index (χ0) is 10.9. The summed E-state index contributed by atoms with van der Waals surface area (Å²) < 4.78 is 0. The van der Waals surface area contributed by atoms with Gasteiger partial charge in [-0.05, 0) is 25.3 Å². The Morgan fingerprint density at radius 1 is 1.47 bits per heavy atom. The maximum Gasteiger partial charge on any atom is 0.0184 e. The lowest BCUT2D eigenvalue weighted by molar-refractivity contribution is 0.139. The Balaban J connectivity index is 1.92. The van der Waals surface area contributed by atoms with Crippen LogP contribution in [0.1, 0.15) is 27.2 Å². The third-order valence-corrected chi connectivity index (χ3v) is 5.39. The molecule has 0 aliphatic carbocycles. The minimum atomic E-state index is 0.524. The Kier molecular flexibility index (Phi) is 3.63. The molecule has 3 atom stereocenters. The number of rotatable bonds is 2. The Hall–Kier alpha value is 0.270. The van der Waals surface area contributed by atoms with Crippen LogP contribution < -0.4 is 5.32 Å². The van der Waals surface area contributed by atoms with Crippen molar-refractivity contribution in [2.75, 3.05) is 31.9 Å². The molecule has 0 bridgehead atoms. The molecule has 0 saturated carbocycles. The van der Waals surface area contributed by atoms with Gasteiger partial charge in [-0.1, -0.05) is 13.8 Å². The van der Waals surface area contributed by atoms with Gasteiger partial charge in [-0.3, -0.25) is 4.90 Å². The molecule has 88 valence electrons. The summed E-state index contributed by atoms with van der Waals surface area (Å²) in [6, 6.07) is 0.751. The molecule has 0 aromatic heterocycles. The standard InChI is InChI=1S/C12H24N2S/c1-10-11(2)15-7-6-14(10)9-12(3)4-5-13-8-12/h10-11,13H,4-9H2,1-3H3. The van der Waals surface area contributed by atoms with Crippen LogP contribution in [0.5, 0.6) is 0 Å². The van der Waals surface area contributed by atoms with Gasteiger partial charge in [0, 0.05) is 36.7 Å². The first-order chi connectivity index (χ1) is 7.11. The van der Waals surface area contributed by atoms with Crippen LogP contribution in [0.25, 0.3) is 0 Å². The van der Waals surface area contributed by atoms with E-state index in [0.717, 1.165) is 11.3 Å². The first-order valence-corrected chi connectivity index (χ1v) is 7.22. The number of hydrogen-bond donors (Lipinski definition) is 1. The highest BCUT2D eigenvalue weighted by atomic mass is 32.2. The Morgan fingerprint density at radius 3 is 2.93 bits per heavy atom. The maximum absolute atomic E-state index is 3.50. The van der Waals surface area contributed by atoms with Gasteiger partial charge in [0.1, 0.15) is 0 Å². The van der Waals surface area contributed by atoms with Crippen molar-refractivity contribution in [2.45, 2.75) is 38.5 Å². The van der Waals surface area contributed by atoms with Crippen LogP contribution in [0.4, 0.5) is 0 Å². The summed E-state index contributed by atoms with van der Waals surface area (Å²) in [7, 11) is 0. The number of nitrogens with zero attached hydrogens (tertiary/aromatic N) is 1. The average molecular weight is 228 g/mol. The molecule has 3 unspecified atom stereocenters. The summed E-state index contributed by atoms with van der Waals surface area (Å²) in [5.74, 6) is 1.31. The van der Waals surface area contributed by atoms with Crippen LogP contribution in [-0.4, -0.2) is 48.1 Å². The average Bonchev–Trinajstić information content (AvgIpc) is 2.60. The van der Waals surface area contributed by atoms with E-state index in [2.05, 4.69) is 42.7 Å². The number of hydrogen-bond acceptors (Lipinski definition) is 3. The molecule has 2 rings (SSSR count). The number of nitrogens with one attached hydrogen (secondary N) is 1. The lowest BCUT2D eigenvalue weighted by Gasteiger charge is -2.41. The fourth-order valence-corrected chi connectivity index (χ4v) is 3.88. The zero-order valence-electron chi connectivity index (χ0n) is 10.3. The van der Waals surface area contributed by atoms with E-state index < -0.39 is 0 Å². The second kappa shape index (κ2) is 4.64. The van der Waals surface area contributed by atoms with E-state index in [-0.39, 0.29) is 0 Å². The van der Waals surface area contributed by atoms with Gasteiger partial charge in [0.2, 0.25) is 0 Å². The fourth-order valence-electron chi connectivity index (χ4n) is 2.71. The van der Waals surface area contributed by atoms with E-state index >= 15 is 0 Å². The van der Waals surface area contributed by atoms with E-state index in [1.54, 1.807) is 0 Å². The van der Waals surface area contributed by atoms with Gasteiger partial charge in [0.25, 0.3) is 0 Å². The summed E-state index contributed by atoms with van der Waals surface area (Å²) >= 11 is 2.13. The Bertz CT molecular complexity index is 214. The summed E-state index contributed by atoms with van der Waals surface area (Å²) in [5.41, 5.74) is 0.524. The smallest absolute Gasteiger partial charge is 0.0184 e. The van der Waals surface area contributed by atoms with Crippen LogP contribution in [0, 0.1) is 5.41 Å². The van der Waals surface area contributed by atoms with Crippen molar-refractivity contribution >= 4 is 11.8 Å². The SMILES string of the molecule is CC1SCCN(CC2(C)CCNC2)C1C. The molecule has 2 fully saturated rings. The highest BCUT2D eigenvalue weighted by molar-refractivity contribution is 8.00. The monoisotopic (exact) mass is 228 g/mol. The molecule has 0 radical (unpaired) electrons. The van der Waals surface area contributed by atoms with Gasteiger partial charge in [0.15, 0.2) is 0 Å². The van der Waals surface area contributed by atoms with Crippen LogP contribution in [0.3, 0.4) is 0 Å². The molecule has 0 spiro atoms. The van der Waals surface area contributed by atoms with E-state index in [1.165, 1.54) is 38.4 Å². The fraction of sp³-hybridized carbons (Fsp3) is 1.00. The lowest BCUT2D eigenvalue weighted by Crippen LogP contribution is -2.49. The molecular weight excluding hydrogens is 204 g/mol. The van der Waals surface area contributed by atoms with Crippen molar-refractivity contribution < 1.29 is 0 Å². The third kappa shape index (κ3) is 2.69. The predicted molar refractivity (Wildman–Crippen MR) is 68.5 cm³/mol. The molecule has 2 nitrogen and oxygen atoms in total. The summed E-state index contributed by atoms with van der Waals surface area (Å²) in [6.45, 7) is 12.2. The molecule has 3 heteroatoms. The molecule has 0 aromatic carbocycles. The molecule has 2 aliphatic heterocycles. The topological polar surface area (TPSA) is 15.3 Å². The van der Waals surface area contributed by atoms with E-state index in [4.69, 9.17) is 0 Å². The first kappa shape index (κ1) is 11.7. The third-order valence-electron chi connectivity index (χ3n) is 4.06. The largest absolute Gasteiger partial charge is 0.316 e. The van der Waals surface area contributed by atoms with Gasteiger partial charge in [0.05, 0.1) is 0 Å². The van der Waals surface area contributed by atoms with Crippen molar-refractivity contribution in [3.05, 3.63) is 0 Å². The van der Waals surface area contributed by atoms with Crippen molar-refractivity contribution in [1.29, 1.82) is 0 Å². The molecule has 0 amide bonds. The van der Waals surface area contributed by atoms with Crippen molar-refractivity contribution in [1.82, 2.24) is 10.2 Å². The quantitative estimate of drug-likeness (QED) is 0.776. The van der Waals surface area contributed by atoms with E-state index in [1.807, 2.05) is 0 Å². The van der Waals surface area contributed by atoms with Crippen LogP contribution >= 0.6 is 11.8 Å². The highest BCUT2D eigenvalue weighted by Gasteiger charge is 2.34. The highest BCUT2D eigenvalue weighted by Crippen LogP contribution is 2.30. The molecule has 2 saturated heterocycles. The normalized spacial score (nSPS) is 43.4. The molecular formula is C12H24N2S.